The Labute approximate surface area is 174 Å². The number of ether oxygens (including phenoxy) is 1. The van der Waals surface area contributed by atoms with Gasteiger partial charge in [0.05, 0.1) is 13.5 Å². The Morgan fingerprint density at radius 3 is 2.73 bits per heavy atom. The minimum absolute atomic E-state index is 0.0426. The molecule has 3 aromatic rings. The van der Waals surface area contributed by atoms with Gasteiger partial charge in [0.25, 0.3) is 5.91 Å². The number of amides is 2. The number of nitrogens with zero attached hydrogens (tertiary/aromatic N) is 1. The molecule has 2 aromatic carbocycles. The van der Waals surface area contributed by atoms with Crippen LogP contribution in [0.3, 0.4) is 0 Å². The van der Waals surface area contributed by atoms with Gasteiger partial charge >= 0.3 is 0 Å². The normalized spacial score (nSPS) is 15.7. The number of carbonyl (C=O) groups excluding carboxylic acids is 2. The molecule has 7 heteroatoms. The molecule has 0 radical (unpaired) electrons. The lowest BCUT2D eigenvalue weighted by Crippen LogP contribution is -2.26. The average Bonchev–Trinajstić information content (AvgIpc) is 3.07. The first kappa shape index (κ1) is 19.7. The zero-order chi connectivity index (χ0) is 21.1. The number of carbonyl (C=O) groups is 2. The van der Waals surface area contributed by atoms with Crippen LogP contribution in [0.4, 0.5) is 5.69 Å². The monoisotopic (exact) mass is 404 g/mol. The number of aromatic amines is 1. The molecular formula is C23H24N4O3. The SMILES string of the molecule is COc1ccccc1C1CNC(=O)c2nc(CC(=O)Nc3ccc(C)cc3)[nH]c2C1. The molecule has 0 spiro atoms. The number of imidazole rings is 1. The van der Waals surface area contributed by atoms with Gasteiger partial charge in [-0.15, -0.1) is 0 Å². The molecule has 3 N–H and O–H groups in total. The Bertz CT molecular complexity index is 1070. The fraction of sp³-hybridized carbons (Fsp3) is 0.261. The van der Waals surface area contributed by atoms with Crippen LogP contribution < -0.4 is 15.4 Å². The summed E-state index contributed by atoms with van der Waals surface area (Å²) in [5.74, 6) is 0.882. The summed E-state index contributed by atoms with van der Waals surface area (Å²) in [6, 6.07) is 15.4. The third-order valence-electron chi connectivity index (χ3n) is 5.24. The predicted molar refractivity (Wildman–Crippen MR) is 114 cm³/mol. The van der Waals surface area contributed by atoms with E-state index in [4.69, 9.17) is 4.74 Å². The number of H-pyrrole nitrogens is 1. The topological polar surface area (TPSA) is 96.1 Å². The zero-order valence-corrected chi connectivity index (χ0v) is 17.0. The van der Waals surface area contributed by atoms with E-state index < -0.39 is 0 Å². The number of anilines is 1. The van der Waals surface area contributed by atoms with Crippen LogP contribution >= 0.6 is 0 Å². The van der Waals surface area contributed by atoms with Crippen LogP contribution in [-0.2, 0) is 17.6 Å². The second kappa shape index (κ2) is 8.41. The minimum Gasteiger partial charge on any atom is -0.496 e. The summed E-state index contributed by atoms with van der Waals surface area (Å²) in [7, 11) is 1.64. The van der Waals surface area contributed by atoms with Gasteiger partial charge in [-0.3, -0.25) is 9.59 Å². The first-order valence-corrected chi connectivity index (χ1v) is 9.89. The largest absolute Gasteiger partial charge is 0.496 e. The highest BCUT2D eigenvalue weighted by Gasteiger charge is 2.28. The Kier molecular flexibility index (Phi) is 5.52. The molecular weight excluding hydrogens is 380 g/mol. The molecule has 1 aliphatic rings. The van der Waals surface area contributed by atoms with Gasteiger partial charge in [-0.25, -0.2) is 4.98 Å². The van der Waals surface area contributed by atoms with E-state index in [2.05, 4.69) is 20.6 Å². The van der Waals surface area contributed by atoms with Crippen LogP contribution in [0.25, 0.3) is 0 Å². The number of hydrogen-bond acceptors (Lipinski definition) is 4. The standard InChI is InChI=1S/C23H24N4O3/c1-14-7-9-16(10-8-14)25-21(28)12-20-26-18-11-15(13-24-23(29)22(18)27-20)17-5-3-4-6-19(17)30-2/h3-10,15H,11-13H2,1-2H3,(H,24,29)(H,25,28)(H,26,27). The van der Waals surface area contributed by atoms with Crippen molar-refractivity contribution in [1.82, 2.24) is 15.3 Å². The molecule has 1 atom stereocenters. The van der Waals surface area contributed by atoms with Gasteiger partial charge in [-0.1, -0.05) is 35.9 Å². The quantitative estimate of drug-likeness (QED) is 0.609. The third kappa shape index (κ3) is 4.20. The highest BCUT2D eigenvalue weighted by molar-refractivity contribution is 5.95. The first-order chi connectivity index (χ1) is 14.5. The molecule has 1 aliphatic heterocycles. The first-order valence-electron chi connectivity index (χ1n) is 9.89. The molecule has 2 heterocycles. The number of nitrogens with one attached hydrogen (secondary N) is 3. The highest BCUT2D eigenvalue weighted by atomic mass is 16.5. The highest BCUT2D eigenvalue weighted by Crippen LogP contribution is 2.30. The number of methoxy groups -OCH3 is 1. The average molecular weight is 404 g/mol. The Hall–Kier alpha value is -3.61. The molecule has 0 saturated carbocycles. The molecule has 0 bridgehead atoms. The molecule has 0 fully saturated rings. The number of para-hydroxylation sites is 1. The number of fused-ring (bicyclic) bond motifs is 1. The molecule has 4 rings (SSSR count). The van der Waals surface area contributed by atoms with Gasteiger partial charge in [0, 0.05) is 23.8 Å². The molecule has 1 unspecified atom stereocenters. The number of aromatic nitrogens is 2. The van der Waals surface area contributed by atoms with E-state index in [0.717, 1.165) is 28.3 Å². The van der Waals surface area contributed by atoms with E-state index in [9.17, 15) is 9.59 Å². The second-order valence-electron chi connectivity index (χ2n) is 7.45. The maximum Gasteiger partial charge on any atom is 0.271 e. The van der Waals surface area contributed by atoms with Crippen molar-refractivity contribution in [3.05, 3.63) is 76.9 Å². The predicted octanol–water partition coefficient (Wildman–Crippen LogP) is 2.98. The van der Waals surface area contributed by atoms with Crippen LogP contribution in [0.2, 0.25) is 0 Å². The fourth-order valence-electron chi connectivity index (χ4n) is 3.72. The van der Waals surface area contributed by atoms with Crippen LogP contribution in [0.5, 0.6) is 5.75 Å². The van der Waals surface area contributed by atoms with Crippen molar-refractivity contribution in [2.45, 2.75) is 25.7 Å². The van der Waals surface area contributed by atoms with Crippen molar-refractivity contribution >= 4 is 17.5 Å². The van der Waals surface area contributed by atoms with Gasteiger partial charge in [-0.2, -0.15) is 0 Å². The van der Waals surface area contributed by atoms with E-state index in [1.165, 1.54) is 0 Å². The Balaban J connectivity index is 1.51. The van der Waals surface area contributed by atoms with Crippen molar-refractivity contribution in [3.8, 4) is 5.75 Å². The lowest BCUT2D eigenvalue weighted by Gasteiger charge is -2.17. The molecule has 1 aromatic heterocycles. The number of benzene rings is 2. The molecule has 0 aliphatic carbocycles. The number of rotatable bonds is 5. The number of hydrogen-bond donors (Lipinski definition) is 3. The lowest BCUT2D eigenvalue weighted by molar-refractivity contribution is -0.115. The van der Waals surface area contributed by atoms with Gasteiger partial charge in [0.15, 0.2) is 0 Å². The Morgan fingerprint density at radius 2 is 1.97 bits per heavy atom. The van der Waals surface area contributed by atoms with Crippen LogP contribution in [0.15, 0.2) is 48.5 Å². The maximum absolute atomic E-state index is 12.5. The Morgan fingerprint density at radius 1 is 1.20 bits per heavy atom. The smallest absolute Gasteiger partial charge is 0.271 e. The van der Waals surface area contributed by atoms with E-state index in [0.29, 0.717) is 24.5 Å². The van der Waals surface area contributed by atoms with Crippen molar-refractivity contribution in [3.63, 3.8) is 0 Å². The van der Waals surface area contributed by atoms with E-state index in [1.807, 2.05) is 55.5 Å². The van der Waals surface area contributed by atoms with Crippen LogP contribution in [0, 0.1) is 6.92 Å². The zero-order valence-electron chi connectivity index (χ0n) is 17.0. The van der Waals surface area contributed by atoms with Gasteiger partial charge < -0.3 is 20.4 Å². The summed E-state index contributed by atoms with van der Waals surface area (Å²) >= 11 is 0. The third-order valence-corrected chi connectivity index (χ3v) is 5.24. The van der Waals surface area contributed by atoms with Gasteiger partial charge in [0.1, 0.15) is 17.3 Å². The molecule has 0 saturated heterocycles. The van der Waals surface area contributed by atoms with Gasteiger partial charge in [-0.05, 0) is 37.1 Å². The second-order valence-corrected chi connectivity index (χ2v) is 7.45. The summed E-state index contributed by atoms with van der Waals surface area (Å²) in [4.78, 5) is 32.5. The number of aryl methyl sites for hydroxylation is 1. The van der Waals surface area contributed by atoms with E-state index in [1.54, 1.807) is 7.11 Å². The van der Waals surface area contributed by atoms with E-state index in [-0.39, 0.29) is 24.2 Å². The molecule has 2 amide bonds. The van der Waals surface area contributed by atoms with Crippen molar-refractivity contribution in [2.24, 2.45) is 0 Å². The van der Waals surface area contributed by atoms with Crippen molar-refractivity contribution < 1.29 is 14.3 Å². The minimum atomic E-state index is -0.233. The summed E-state index contributed by atoms with van der Waals surface area (Å²) in [6.45, 7) is 2.48. The molecule has 30 heavy (non-hydrogen) atoms. The lowest BCUT2D eigenvalue weighted by atomic mass is 9.93. The molecule has 7 nitrogen and oxygen atoms in total. The fourth-order valence-corrected chi connectivity index (χ4v) is 3.72. The maximum atomic E-state index is 12.5. The van der Waals surface area contributed by atoms with Crippen LogP contribution in [-0.4, -0.2) is 35.4 Å². The summed E-state index contributed by atoms with van der Waals surface area (Å²) in [5, 5.41) is 5.79. The summed E-state index contributed by atoms with van der Waals surface area (Å²) in [6.07, 6.45) is 0.661. The van der Waals surface area contributed by atoms with Crippen molar-refractivity contribution in [1.29, 1.82) is 0 Å². The summed E-state index contributed by atoms with van der Waals surface area (Å²) < 4.78 is 5.48. The van der Waals surface area contributed by atoms with Crippen LogP contribution in [0.1, 0.15) is 39.1 Å². The van der Waals surface area contributed by atoms with Gasteiger partial charge in [0.2, 0.25) is 5.91 Å². The molecule has 154 valence electrons. The van der Waals surface area contributed by atoms with Crippen molar-refractivity contribution in [2.75, 3.05) is 19.0 Å². The summed E-state index contributed by atoms with van der Waals surface area (Å²) in [5.41, 5.74) is 3.97. The van der Waals surface area contributed by atoms with E-state index >= 15 is 0 Å².